The lowest BCUT2D eigenvalue weighted by Gasteiger charge is -2.20. The van der Waals surface area contributed by atoms with Gasteiger partial charge in [0.25, 0.3) is 0 Å². The Kier molecular flexibility index (Phi) is 8.25. The zero-order valence-electron chi connectivity index (χ0n) is 18.3. The van der Waals surface area contributed by atoms with E-state index in [9.17, 15) is 9.59 Å². The molecule has 0 radical (unpaired) electrons. The highest BCUT2D eigenvalue weighted by Crippen LogP contribution is 2.23. The van der Waals surface area contributed by atoms with Gasteiger partial charge in [-0.3, -0.25) is 14.9 Å². The van der Waals surface area contributed by atoms with Gasteiger partial charge in [-0.1, -0.05) is 45.2 Å². The van der Waals surface area contributed by atoms with Crippen molar-refractivity contribution in [3.05, 3.63) is 24.3 Å². The monoisotopic (exact) mass is 413 g/mol. The molecule has 1 aliphatic carbocycles. The van der Waals surface area contributed by atoms with E-state index in [0.717, 1.165) is 62.9 Å². The van der Waals surface area contributed by atoms with E-state index < -0.39 is 0 Å². The van der Waals surface area contributed by atoms with Crippen molar-refractivity contribution in [3.8, 4) is 0 Å². The summed E-state index contributed by atoms with van der Waals surface area (Å²) >= 11 is 0. The molecule has 2 amide bonds. The van der Waals surface area contributed by atoms with E-state index in [1.165, 1.54) is 6.42 Å². The SMILES string of the molecule is CCN(CC)CCn1c(NC(=O)CCNC(=O)C2CCCCC2)nc2ccccc21. The topological polar surface area (TPSA) is 79.3 Å². The smallest absolute Gasteiger partial charge is 0.228 e. The predicted molar refractivity (Wildman–Crippen MR) is 120 cm³/mol. The number of hydrogen-bond donors (Lipinski definition) is 2. The van der Waals surface area contributed by atoms with Crippen LogP contribution in [0.15, 0.2) is 24.3 Å². The van der Waals surface area contributed by atoms with Gasteiger partial charge in [0.2, 0.25) is 17.8 Å². The molecule has 1 saturated carbocycles. The zero-order chi connectivity index (χ0) is 21.3. The number of rotatable bonds is 10. The molecule has 0 aliphatic heterocycles. The van der Waals surface area contributed by atoms with Crippen LogP contribution in [-0.4, -0.2) is 52.4 Å². The quantitative estimate of drug-likeness (QED) is 0.626. The Morgan fingerprint density at radius 2 is 1.87 bits per heavy atom. The molecule has 0 spiro atoms. The highest BCUT2D eigenvalue weighted by Gasteiger charge is 2.21. The first-order valence-electron chi connectivity index (χ1n) is 11.4. The molecule has 1 aromatic carbocycles. The molecule has 0 unspecified atom stereocenters. The van der Waals surface area contributed by atoms with E-state index in [0.29, 0.717) is 12.5 Å². The van der Waals surface area contributed by atoms with Crippen LogP contribution in [0.3, 0.4) is 0 Å². The summed E-state index contributed by atoms with van der Waals surface area (Å²) < 4.78 is 2.08. The van der Waals surface area contributed by atoms with Crippen LogP contribution < -0.4 is 10.6 Å². The number of fused-ring (bicyclic) bond motifs is 1. The Labute approximate surface area is 179 Å². The number of likely N-dealkylation sites (N-methyl/N-ethyl adjacent to an activating group) is 1. The van der Waals surface area contributed by atoms with Crippen LogP contribution in [0.25, 0.3) is 11.0 Å². The second-order valence-corrected chi connectivity index (χ2v) is 8.03. The molecule has 0 bridgehead atoms. The predicted octanol–water partition coefficient (Wildman–Crippen LogP) is 3.40. The lowest BCUT2D eigenvalue weighted by atomic mass is 9.89. The van der Waals surface area contributed by atoms with Crippen LogP contribution in [0.1, 0.15) is 52.4 Å². The number of carbonyl (C=O) groups is 2. The minimum absolute atomic E-state index is 0.0916. The number of carbonyl (C=O) groups excluding carboxylic acids is 2. The van der Waals surface area contributed by atoms with Crippen molar-refractivity contribution in [3.63, 3.8) is 0 Å². The van der Waals surface area contributed by atoms with Gasteiger partial charge in [-0.15, -0.1) is 0 Å². The maximum absolute atomic E-state index is 12.5. The maximum Gasteiger partial charge on any atom is 0.228 e. The van der Waals surface area contributed by atoms with E-state index in [2.05, 4.69) is 38.9 Å². The molecule has 3 rings (SSSR count). The summed E-state index contributed by atoms with van der Waals surface area (Å²) in [7, 11) is 0. The summed E-state index contributed by atoms with van der Waals surface area (Å²) in [5.41, 5.74) is 1.89. The lowest BCUT2D eigenvalue weighted by Crippen LogP contribution is -2.34. The summed E-state index contributed by atoms with van der Waals surface area (Å²) in [5.74, 6) is 0.658. The van der Waals surface area contributed by atoms with Gasteiger partial charge in [0, 0.05) is 32.0 Å². The van der Waals surface area contributed by atoms with E-state index >= 15 is 0 Å². The fraction of sp³-hybridized carbons (Fsp3) is 0.609. The minimum atomic E-state index is -0.127. The Morgan fingerprint density at radius 1 is 1.13 bits per heavy atom. The normalized spacial score (nSPS) is 14.9. The molecule has 1 aliphatic rings. The Morgan fingerprint density at radius 3 is 2.60 bits per heavy atom. The summed E-state index contributed by atoms with van der Waals surface area (Å²) in [4.78, 5) is 31.7. The van der Waals surface area contributed by atoms with Crippen LogP contribution in [0.5, 0.6) is 0 Å². The van der Waals surface area contributed by atoms with Crippen molar-refractivity contribution < 1.29 is 9.59 Å². The molecule has 164 valence electrons. The van der Waals surface area contributed by atoms with E-state index in [4.69, 9.17) is 0 Å². The molecular formula is C23H35N5O2. The summed E-state index contributed by atoms with van der Waals surface area (Å²) in [5, 5.41) is 5.89. The van der Waals surface area contributed by atoms with Crippen LogP contribution in [0, 0.1) is 5.92 Å². The Hall–Kier alpha value is -2.41. The van der Waals surface area contributed by atoms with Crippen molar-refractivity contribution >= 4 is 28.8 Å². The molecule has 0 atom stereocenters. The average molecular weight is 414 g/mol. The number of imidazole rings is 1. The molecule has 7 nitrogen and oxygen atoms in total. The van der Waals surface area contributed by atoms with E-state index in [1.807, 2.05) is 24.3 Å². The van der Waals surface area contributed by atoms with Gasteiger partial charge in [0.05, 0.1) is 11.0 Å². The fourth-order valence-corrected chi connectivity index (χ4v) is 4.17. The summed E-state index contributed by atoms with van der Waals surface area (Å²) in [6.45, 7) is 8.31. The molecule has 2 aromatic rings. The van der Waals surface area contributed by atoms with Gasteiger partial charge < -0.3 is 14.8 Å². The maximum atomic E-state index is 12.5. The van der Waals surface area contributed by atoms with Gasteiger partial charge in [-0.2, -0.15) is 0 Å². The third kappa shape index (κ3) is 5.81. The molecule has 1 aromatic heterocycles. The van der Waals surface area contributed by atoms with Crippen molar-refractivity contribution in [1.82, 2.24) is 19.8 Å². The van der Waals surface area contributed by atoms with Crippen molar-refractivity contribution in [2.45, 2.75) is 58.9 Å². The van der Waals surface area contributed by atoms with Crippen molar-refractivity contribution in [2.24, 2.45) is 5.92 Å². The number of aromatic nitrogens is 2. The number of nitrogens with zero attached hydrogens (tertiary/aromatic N) is 3. The van der Waals surface area contributed by atoms with E-state index in [-0.39, 0.29) is 24.2 Å². The first kappa shape index (κ1) is 22.3. The molecule has 7 heteroatoms. The fourth-order valence-electron chi connectivity index (χ4n) is 4.17. The Bertz CT molecular complexity index is 837. The number of nitrogens with one attached hydrogen (secondary N) is 2. The second kappa shape index (κ2) is 11.1. The first-order valence-corrected chi connectivity index (χ1v) is 11.4. The van der Waals surface area contributed by atoms with Gasteiger partial charge in [-0.25, -0.2) is 4.98 Å². The van der Waals surface area contributed by atoms with E-state index in [1.54, 1.807) is 0 Å². The molecule has 0 saturated heterocycles. The van der Waals surface area contributed by atoms with Crippen molar-refractivity contribution in [2.75, 3.05) is 31.5 Å². The Balaban J connectivity index is 1.57. The van der Waals surface area contributed by atoms with Gasteiger partial charge in [0.1, 0.15) is 0 Å². The van der Waals surface area contributed by atoms with Crippen LogP contribution in [-0.2, 0) is 16.1 Å². The highest BCUT2D eigenvalue weighted by atomic mass is 16.2. The summed E-state index contributed by atoms with van der Waals surface area (Å²) in [6, 6.07) is 7.94. The number of amides is 2. The molecule has 30 heavy (non-hydrogen) atoms. The zero-order valence-corrected chi connectivity index (χ0v) is 18.3. The number of benzene rings is 1. The first-order chi connectivity index (χ1) is 14.6. The van der Waals surface area contributed by atoms with Crippen LogP contribution >= 0.6 is 0 Å². The van der Waals surface area contributed by atoms with Gasteiger partial charge in [0.15, 0.2) is 0 Å². The number of anilines is 1. The second-order valence-electron chi connectivity index (χ2n) is 8.03. The molecule has 2 N–H and O–H groups in total. The molecule has 1 fully saturated rings. The van der Waals surface area contributed by atoms with Crippen LogP contribution in [0.4, 0.5) is 5.95 Å². The highest BCUT2D eigenvalue weighted by molar-refractivity contribution is 5.92. The largest absolute Gasteiger partial charge is 0.355 e. The summed E-state index contributed by atoms with van der Waals surface area (Å²) in [6.07, 6.45) is 5.66. The average Bonchev–Trinajstić information content (AvgIpc) is 3.12. The minimum Gasteiger partial charge on any atom is -0.355 e. The molecular weight excluding hydrogens is 378 g/mol. The molecule has 1 heterocycles. The van der Waals surface area contributed by atoms with Gasteiger partial charge in [-0.05, 0) is 38.1 Å². The van der Waals surface area contributed by atoms with Crippen molar-refractivity contribution in [1.29, 1.82) is 0 Å². The van der Waals surface area contributed by atoms with Crippen LogP contribution in [0.2, 0.25) is 0 Å². The number of hydrogen-bond acceptors (Lipinski definition) is 4. The standard InChI is InChI=1S/C23H35N5O2/c1-3-27(4-2)16-17-28-20-13-9-8-12-19(20)25-23(28)26-21(29)14-15-24-22(30)18-10-6-5-7-11-18/h8-9,12-13,18H,3-7,10-11,14-17H2,1-2H3,(H,24,30)(H,25,26,29). The third-order valence-electron chi connectivity index (χ3n) is 6.07. The number of para-hydroxylation sites is 2. The van der Waals surface area contributed by atoms with Gasteiger partial charge >= 0.3 is 0 Å². The lowest BCUT2D eigenvalue weighted by molar-refractivity contribution is -0.126. The third-order valence-corrected chi connectivity index (χ3v) is 6.07.